The molecule has 3 aliphatic rings. The largest absolute Gasteiger partial charge is 0.498 e. The Hall–Kier alpha value is -3.38. The van der Waals surface area contributed by atoms with Crippen molar-refractivity contribution < 1.29 is 9.47 Å². The molecule has 6 rings (SSSR count). The lowest BCUT2D eigenvalue weighted by molar-refractivity contribution is 0.122. The van der Waals surface area contributed by atoms with Crippen molar-refractivity contribution in [1.29, 1.82) is 0 Å². The highest BCUT2D eigenvalue weighted by Gasteiger charge is 2.46. The van der Waals surface area contributed by atoms with Gasteiger partial charge >= 0.3 is 0 Å². The fourth-order valence-corrected chi connectivity index (χ4v) is 5.08. The molecule has 1 aromatic heterocycles. The van der Waals surface area contributed by atoms with E-state index < -0.39 is 0 Å². The molecule has 2 fully saturated rings. The molecule has 1 saturated carbocycles. The van der Waals surface area contributed by atoms with Gasteiger partial charge in [-0.3, -0.25) is 9.36 Å². The summed E-state index contributed by atoms with van der Waals surface area (Å²) < 4.78 is 13.3. The number of fused-ring (bicyclic) bond motifs is 2. The minimum atomic E-state index is -0.0119. The predicted molar refractivity (Wildman–Crippen MR) is 135 cm³/mol. The number of anilines is 1. The van der Waals surface area contributed by atoms with Crippen LogP contribution in [0.25, 0.3) is 28.0 Å². The minimum Gasteiger partial charge on any atom is -0.498 e. The lowest BCUT2D eigenvalue weighted by atomic mass is 10.1. The number of hydrogen-bond acceptors (Lipinski definition) is 5. The van der Waals surface area contributed by atoms with Gasteiger partial charge in [-0.1, -0.05) is 37.3 Å². The van der Waals surface area contributed by atoms with Gasteiger partial charge in [-0.25, -0.2) is 4.98 Å². The zero-order valence-corrected chi connectivity index (χ0v) is 19.4. The van der Waals surface area contributed by atoms with E-state index in [9.17, 15) is 4.79 Å². The van der Waals surface area contributed by atoms with Crippen LogP contribution in [-0.4, -0.2) is 42.5 Å². The minimum absolute atomic E-state index is 0.0119. The summed E-state index contributed by atoms with van der Waals surface area (Å²) in [5, 5.41) is 0.652. The summed E-state index contributed by atoms with van der Waals surface area (Å²) in [6.07, 6.45) is 6.11. The second-order valence-electron chi connectivity index (χ2n) is 9.20. The summed E-state index contributed by atoms with van der Waals surface area (Å²) in [5.74, 6) is 2.39. The SMILES string of the molecule is CCCOC1=CC=C(n2c(-c3ccccc3)nc3ccc(N4CCOCC4)cc3c2=O)C2CC12. The summed E-state index contributed by atoms with van der Waals surface area (Å²) in [6.45, 7) is 5.92. The molecule has 0 radical (unpaired) electrons. The Morgan fingerprint density at radius 1 is 1.06 bits per heavy atom. The molecule has 0 bridgehead atoms. The molecule has 0 N–H and O–H groups in total. The van der Waals surface area contributed by atoms with Crippen LogP contribution in [-0.2, 0) is 9.47 Å². The van der Waals surface area contributed by atoms with Crippen molar-refractivity contribution in [3.8, 4) is 11.4 Å². The predicted octanol–water partition coefficient (Wildman–Crippen LogP) is 4.70. The third kappa shape index (κ3) is 3.72. The first-order chi connectivity index (χ1) is 16.7. The van der Waals surface area contributed by atoms with Gasteiger partial charge in [-0.15, -0.1) is 0 Å². The van der Waals surface area contributed by atoms with Gasteiger partial charge in [0, 0.05) is 41.9 Å². The lowest BCUT2D eigenvalue weighted by Gasteiger charge is -2.29. The maximum atomic E-state index is 14.1. The van der Waals surface area contributed by atoms with Crippen molar-refractivity contribution in [2.75, 3.05) is 37.8 Å². The van der Waals surface area contributed by atoms with Crippen molar-refractivity contribution in [3.05, 3.63) is 76.8 Å². The molecule has 6 heteroatoms. The molecule has 3 aromatic rings. The average molecular weight is 456 g/mol. The van der Waals surface area contributed by atoms with Crippen LogP contribution in [0, 0.1) is 11.8 Å². The monoisotopic (exact) mass is 455 g/mol. The van der Waals surface area contributed by atoms with Crippen LogP contribution >= 0.6 is 0 Å². The Kier molecular flexibility index (Phi) is 5.46. The highest BCUT2D eigenvalue weighted by atomic mass is 16.5. The van der Waals surface area contributed by atoms with Crippen LogP contribution < -0.4 is 10.5 Å². The number of nitrogens with zero attached hydrogens (tertiary/aromatic N) is 3. The Balaban J connectivity index is 1.51. The number of rotatable bonds is 6. The normalized spacial score (nSPS) is 21.6. The fourth-order valence-electron chi connectivity index (χ4n) is 5.08. The van der Waals surface area contributed by atoms with E-state index in [1.54, 1.807) is 0 Å². The standard InChI is InChI=1S/C28H29N3O3/c1-2-14-34-26-11-10-25(21-18-22(21)26)31-27(19-6-4-3-5-7-19)29-24-9-8-20(17-23(24)28(31)32)30-12-15-33-16-13-30/h3-11,17,21-22H,2,12-16,18H2,1H3. The Labute approximate surface area is 199 Å². The van der Waals surface area contributed by atoms with Gasteiger partial charge in [0.15, 0.2) is 0 Å². The molecule has 2 atom stereocenters. The lowest BCUT2D eigenvalue weighted by Crippen LogP contribution is -2.36. The second kappa shape index (κ2) is 8.76. The van der Waals surface area contributed by atoms with E-state index >= 15 is 0 Å². The van der Waals surface area contributed by atoms with Gasteiger partial charge in [0.1, 0.15) is 5.82 Å². The van der Waals surface area contributed by atoms with E-state index in [4.69, 9.17) is 14.5 Å². The molecule has 34 heavy (non-hydrogen) atoms. The highest BCUT2D eigenvalue weighted by molar-refractivity contribution is 5.85. The van der Waals surface area contributed by atoms with Crippen molar-refractivity contribution in [3.63, 3.8) is 0 Å². The summed E-state index contributed by atoms with van der Waals surface area (Å²) in [6, 6.07) is 16.0. The molecule has 0 spiro atoms. The first kappa shape index (κ1) is 21.2. The Morgan fingerprint density at radius 3 is 2.68 bits per heavy atom. The van der Waals surface area contributed by atoms with Gasteiger partial charge in [-0.2, -0.15) is 0 Å². The molecule has 2 aromatic carbocycles. The highest BCUT2D eigenvalue weighted by Crippen LogP contribution is 2.53. The van der Waals surface area contributed by atoms with Crippen LogP contribution in [0.4, 0.5) is 5.69 Å². The van der Waals surface area contributed by atoms with Crippen LogP contribution in [0.2, 0.25) is 0 Å². The van der Waals surface area contributed by atoms with Gasteiger partial charge < -0.3 is 14.4 Å². The number of morpholine rings is 1. The van der Waals surface area contributed by atoms with Crippen LogP contribution in [0.3, 0.4) is 0 Å². The number of benzene rings is 2. The molecule has 2 unspecified atom stereocenters. The Bertz CT molecular complexity index is 1340. The van der Waals surface area contributed by atoms with Crippen molar-refractivity contribution >= 4 is 22.3 Å². The van der Waals surface area contributed by atoms with Gasteiger partial charge in [0.25, 0.3) is 5.56 Å². The van der Waals surface area contributed by atoms with E-state index in [0.717, 1.165) is 60.8 Å². The van der Waals surface area contributed by atoms with E-state index in [2.05, 4.69) is 30.0 Å². The maximum absolute atomic E-state index is 14.1. The molecule has 0 amide bonds. The number of hydrogen-bond donors (Lipinski definition) is 0. The molecule has 1 saturated heterocycles. The summed E-state index contributed by atoms with van der Waals surface area (Å²) >= 11 is 0. The van der Waals surface area contributed by atoms with E-state index in [0.29, 0.717) is 36.3 Å². The van der Waals surface area contributed by atoms with Crippen LogP contribution in [0.1, 0.15) is 19.8 Å². The third-order valence-electron chi connectivity index (χ3n) is 6.95. The van der Waals surface area contributed by atoms with Gasteiger partial charge in [0.2, 0.25) is 0 Å². The summed E-state index contributed by atoms with van der Waals surface area (Å²) in [7, 11) is 0. The second-order valence-corrected chi connectivity index (χ2v) is 9.20. The fraction of sp³-hybridized carbons (Fsp3) is 0.357. The molecule has 2 heterocycles. The zero-order valence-electron chi connectivity index (χ0n) is 19.4. The molecular weight excluding hydrogens is 426 g/mol. The van der Waals surface area contributed by atoms with Crippen molar-refractivity contribution in [2.45, 2.75) is 19.8 Å². The molecule has 174 valence electrons. The number of aromatic nitrogens is 2. The third-order valence-corrected chi connectivity index (χ3v) is 6.95. The van der Waals surface area contributed by atoms with Gasteiger partial charge in [0.05, 0.1) is 36.5 Å². The van der Waals surface area contributed by atoms with Crippen LogP contribution in [0.15, 0.2) is 71.2 Å². The number of allylic oxidation sites excluding steroid dienone is 4. The molecule has 6 nitrogen and oxygen atoms in total. The van der Waals surface area contributed by atoms with E-state index in [-0.39, 0.29) is 5.56 Å². The molecule has 2 aliphatic carbocycles. The first-order valence-corrected chi connectivity index (χ1v) is 12.2. The molecule has 1 aliphatic heterocycles. The maximum Gasteiger partial charge on any atom is 0.266 e. The topological polar surface area (TPSA) is 56.6 Å². The smallest absolute Gasteiger partial charge is 0.266 e. The first-order valence-electron chi connectivity index (χ1n) is 12.2. The molecular formula is C28H29N3O3. The quantitative estimate of drug-likeness (QED) is 0.539. The number of ether oxygens (including phenoxy) is 2. The summed E-state index contributed by atoms with van der Waals surface area (Å²) in [4.78, 5) is 21.4. The Morgan fingerprint density at radius 2 is 1.88 bits per heavy atom. The van der Waals surface area contributed by atoms with Crippen molar-refractivity contribution in [2.24, 2.45) is 11.8 Å². The van der Waals surface area contributed by atoms with E-state index in [1.807, 2.05) is 47.0 Å². The van der Waals surface area contributed by atoms with Crippen LogP contribution in [0.5, 0.6) is 0 Å². The van der Waals surface area contributed by atoms with E-state index in [1.165, 1.54) is 0 Å². The average Bonchev–Trinajstić information content (AvgIpc) is 3.70. The zero-order chi connectivity index (χ0) is 23.1. The van der Waals surface area contributed by atoms with Crippen molar-refractivity contribution in [1.82, 2.24) is 9.55 Å². The summed E-state index contributed by atoms with van der Waals surface area (Å²) in [5.41, 5.74) is 3.72. The van der Waals surface area contributed by atoms with Gasteiger partial charge in [-0.05, 0) is 43.2 Å².